The van der Waals surface area contributed by atoms with Crippen LogP contribution in [0.4, 0.5) is 4.39 Å². The lowest BCUT2D eigenvalue weighted by molar-refractivity contribution is 0.126. The lowest BCUT2D eigenvalue weighted by atomic mass is 10.0. The fourth-order valence-electron chi connectivity index (χ4n) is 2.49. The summed E-state index contributed by atoms with van der Waals surface area (Å²) in [6, 6.07) is 10.3. The average Bonchev–Trinajstić information content (AvgIpc) is 3.00. The number of hydrogen-bond donors (Lipinski definition) is 2. The van der Waals surface area contributed by atoms with Gasteiger partial charge in [-0.05, 0) is 49.6 Å². The van der Waals surface area contributed by atoms with Crippen LogP contribution in [0.1, 0.15) is 50.2 Å². The molecular weight excluding hydrogens is 269 g/mol. The third-order valence-corrected chi connectivity index (χ3v) is 3.61. The Morgan fingerprint density at radius 3 is 2.52 bits per heavy atom. The molecule has 0 aliphatic carbocycles. The van der Waals surface area contributed by atoms with E-state index >= 15 is 0 Å². The van der Waals surface area contributed by atoms with E-state index < -0.39 is 6.10 Å². The highest BCUT2D eigenvalue weighted by molar-refractivity contribution is 5.20. The Hall–Kier alpha value is -1.65. The topological polar surface area (TPSA) is 45.4 Å². The monoisotopic (exact) mass is 291 g/mol. The van der Waals surface area contributed by atoms with Gasteiger partial charge in [0.25, 0.3) is 0 Å². The molecule has 0 aliphatic rings. The van der Waals surface area contributed by atoms with Crippen molar-refractivity contribution >= 4 is 0 Å². The first-order chi connectivity index (χ1) is 10.1. The van der Waals surface area contributed by atoms with E-state index in [-0.39, 0.29) is 17.9 Å². The van der Waals surface area contributed by atoms with Crippen molar-refractivity contribution in [2.45, 2.75) is 44.9 Å². The number of hydrogen-bond acceptors (Lipinski definition) is 3. The minimum Gasteiger partial charge on any atom is -0.467 e. The molecule has 21 heavy (non-hydrogen) atoms. The van der Waals surface area contributed by atoms with Gasteiger partial charge >= 0.3 is 0 Å². The maximum Gasteiger partial charge on any atom is 0.132 e. The van der Waals surface area contributed by atoms with Crippen LogP contribution < -0.4 is 5.32 Å². The molecule has 3 nitrogen and oxygen atoms in total. The molecule has 0 spiro atoms. The number of nitrogens with one attached hydrogen (secondary N) is 1. The standard InChI is InChI=1S/C17H22FNO2/c1-3-15(13-6-8-14(18)9-7-13)19-12(2)11-16(20)17-5-4-10-21-17/h4-10,12,15-16,19-20H,3,11H2,1-2H3. The van der Waals surface area contributed by atoms with Gasteiger partial charge in [-0.2, -0.15) is 0 Å². The molecule has 1 heterocycles. The molecule has 0 saturated heterocycles. The van der Waals surface area contributed by atoms with Crippen LogP contribution in [0.25, 0.3) is 0 Å². The number of aliphatic hydroxyl groups is 1. The van der Waals surface area contributed by atoms with E-state index in [1.165, 1.54) is 12.1 Å². The van der Waals surface area contributed by atoms with E-state index in [0.717, 1.165) is 12.0 Å². The van der Waals surface area contributed by atoms with Gasteiger partial charge in [0.05, 0.1) is 6.26 Å². The van der Waals surface area contributed by atoms with Crippen molar-refractivity contribution in [3.05, 3.63) is 59.8 Å². The van der Waals surface area contributed by atoms with E-state index in [1.54, 1.807) is 30.5 Å². The Kier molecular flexibility index (Phi) is 5.53. The summed E-state index contributed by atoms with van der Waals surface area (Å²) >= 11 is 0. The van der Waals surface area contributed by atoms with E-state index in [2.05, 4.69) is 12.2 Å². The average molecular weight is 291 g/mol. The smallest absolute Gasteiger partial charge is 0.132 e. The fraction of sp³-hybridized carbons (Fsp3) is 0.412. The van der Waals surface area contributed by atoms with Gasteiger partial charge in [0, 0.05) is 12.1 Å². The summed E-state index contributed by atoms with van der Waals surface area (Å²) in [7, 11) is 0. The van der Waals surface area contributed by atoms with Gasteiger partial charge in [-0.25, -0.2) is 4.39 Å². The summed E-state index contributed by atoms with van der Waals surface area (Å²) in [5, 5.41) is 13.6. The van der Waals surface area contributed by atoms with E-state index in [4.69, 9.17) is 4.42 Å². The molecular formula is C17H22FNO2. The van der Waals surface area contributed by atoms with Crippen LogP contribution in [-0.4, -0.2) is 11.1 Å². The van der Waals surface area contributed by atoms with Crippen molar-refractivity contribution in [1.29, 1.82) is 0 Å². The first kappa shape index (κ1) is 15.7. The second-order valence-corrected chi connectivity index (χ2v) is 5.35. The summed E-state index contributed by atoms with van der Waals surface area (Å²) in [5.41, 5.74) is 1.05. The molecule has 0 radical (unpaired) electrons. The molecule has 2 aromatic rings. The molecule has 2 N–H and O–H groups in total. The Morgan fingerprint density at radius 1 is 1.24 bits per heavy atom. The Bertz CT molecular complexity index is 524. The lowest BCUT2D eigenvalue weighted by Crippen LogP contribution is -2.31. The second kappa shape index (κ2) is 7.38. The molecule has 0 amide bonds. The Balaban J connectivity index is 1.93. The van der Waals surface area contributed by atoms with Gasteiger partial charge in [-0.1, -0.05) is 19.1 Å². The van der Waals surface area contributed by atoms with E-state index in [9.17, 15) is 9.50 Å². The van der Waals surface area contributed by atoms with Gasteiger partial charge in [-0.15, -0.1) is 0 Å². The van der Waals surface area contributed by atoms with E-state index in [0.29, 0.717) is 12.2 Å². The molecule has 2 rings (SSSR count). The number of furan rings is 1. The van der Waals surface area contributed by atoms with Crippen molar-refractivity contribution in [3.8, 4) is 0 Å². The zero-order valence-corrected chi connectivity index (χ0v) is 12.4. The molecule has 0 bridgehead atoms. The normalized spacial score (nSPS) is 15.6. The quantitative estimate of drug-likeness (QED) is 0.811. The van der Waals surface area contributed by atoms with Crippen LogP contribution >= 0.6 is 0 Å². The van der Waals surface area contributed by atoms with Crippen LogP contribution in [0.3, 0.4) is 0 Å². The molecule has 0 aliphatic heterocycles. The first-order valence-corrected chi connectivity index (χ1v) is 7.33. The van der Waals surface area contributed by atoms with Crippen LogP contribution in [0.5, 0.6) is 0 Å². The third kappa shape index (κ3) is 4.41. The molecule has 4 heteroatoms. The fourth-order valence-corrected chi connectivity index (χ4v) is 2.49. The zero-order valence-electron chi connectivity index (χ0n) is 12.4. The molecule has 1 aromatic heterocycles. The minimum absolute atomic E-state index is 0.111. The lowest BCUT2D eigenvalue weighted by Gasteiger charge is -2.24. The maximum absolute atomic E-state index is 13.0. The SMILES string of the molecule is CCC(NC(C)CC(O)c1ccco1)c1ccc(F)cc1. The predicted molar refractivity (Wildman–Crippen MR) is 80.3 cm³/mol. The highest BCUT2D eigenvalue weighted by Gasteiger charge is 2.18. The summed E-state index contributed by atoms with van der Waals surface area (Å²) in [4.78, 5) is 0. The van der Waals surface area contributed by atoms with Crippen LogP contribution in [-0.2, 0) is 0 Å². The molecule has 3 unspecified atom stereocenters. The summed E-state index contributed by atoms with van der Waals surface area (Å²) < 4.78 is 18.2. The van der Waals surface area contributed by atoms with Gasteiger partial charge in [0.2, 0.25) is 0 Å². The van der Waals surface area contributed by atoms with Crippen LogP contribution in [0.2, 0.25) is 0 Å². The zero-order chi connectivity index (χ0) is 15.2. The summed E-state index contributed by atoms with van der Waals surface area (Å²) in [6.07, 6.45) is 2.40. The highest BCUT2D eigenvalue weighted by atomic mass is 19.1. The van der Waals surface area contributed by atoms with Crippen molar-refractivity contribution in [2.24, 2.45) is 0 Å². The minimum atomic E-state index is -0.617. The van der Waals surface area contributed by atoms with Crippen molar-refractivity contribution in [3.63, 3.8) is 0 Å². The van der Waals surface area contributed by atoms with Gasteiger partial charge in [0.1, 0.15) is 17.7 Å². The van der Waals surface area contributed by atoms with Crippen LogP contribution in [0.15, 0.2) is 47.1 Å². The van der Waals surface area contributed by atoms with Crippen LogP contribution in [0, 0.1) is 5.82 Å². The number of halogens is 1. The van der Waals surface area contributed by atoms with Gasteiger partial charge in [0.15, 0.2) is 0 Å². The van der Waals surface area contributed by atoms with Gasteiger partial charge in [-0.3, -0.25) is 0 Å². The molecule has 0 saturated carbocycles. The number of aliphatic hydroxyl groups excluding tert-OH is 1. The number of rotatable bonds is 7. The highest BCUT2D eigenvalue weighted by Crippen LogP contribution is 2.22. The molecule has 0 fully saturated rings. The molecule has 114 valence electrons. The predicted octanol–water partition coefficient (Wildman–Crippen LogP) is 3.97. The Labute approximate surface area is 124 Å². The number of benzene rings is 1. The molecule has 1 aromatic carbocycles. The second-order valence-electron chi connectivity index (χ2n) is 5.35. The summed E-state index contributed by atoms with van der Waals surface area (Å²) in [5.74, 6) is 0.355. The summed E-state index contributed by atoms with van der Waals surface area (Å²) in [6.45, 7) is 4.11. The third-order valence-electron chi connectivity index (χ3n) is 3.61. The van der Waals surface area contributed by atoms with Gasteiger partial charge < -0.3 is 14.8 Å². The van der Waals surface area contributed by atoms with Crippen molar-refractivity contribution < 1.29 is 13.9 Å². The maximum atomic E-state index is 13.0. The Morgan fingerprint density at radius 2 is 1.95 bits per heavy atom. The first-order valence-electron chi connectivity index (χ1n) is 7.33. The van der Waals surface area contributed by atoms with Crippen molar-refractivity contribution in [1.82, 2.24) is 5.32 Å². The van der Waals surface area contributed by atoms with Crippen molar-refractivity contribution in [2.75, 3.05) is 0 Å². The van der Waals surface area contributed by atoms with E-state index in [1.807, 2.05) is 6.92 Å². The largest absolute Gasteiger partial charge is 0.467 e. The molecule has 3 atom stereocenters.